The van der Waals surface area contributed by atoms with E-state index >= 15 is 0 Å². The molecule has 3 aliphatic heterocycles. The molecule has 0 aromatic rings. The third-order valence-corrected chi connectivity index (χ3v) is 14.6. The van der Waals surface area contributed by atoms with Crippen LogP contribution in [0.15, 0.2) is 24.3 Å². The van der Waals surface area contributed by atoms with Crippen molar-refractivity contribution in [2.75, 3.05) is 26.4 Å². The van der Waals surface area contributed by atoms with E-state index in [-0.39, 0.29) is 18.9 Å². The third-order valence-electron chi connectivity index (χ3n) is 14.6. The van der Waals surface area contributed by atoms with Crippen LogP contribution in [-0.4, -0.2) is 194 Å². The maximum atomic E-state index is 13.3. The Hall–Kier alpha value is -2.22. The summed E-state index contributed by atoms with van der Waals surface area (Å²) in [7, 11) is 0. The van der Waals surface area contributed by atoms with Gasteiger partial charge in [-0.1, -0.05) is 154 Å². The van der Waals surface area contributed by atoms with Gasteiger partial charge in [0.2, 0.25) is 11.8 Å². The number of carbonyl (C=O) groups is 2. The van der Waals surface area contributed by atoms with Crippen LogP contribution in [-0.2, 0) is 38.0 Å². The number of carbonyl (C=O) groups excluding carboxylic acids is 2. The number of rotatable bonds is 41. The topological polar surface area (TPSA) is 316 Å². The van der Waals surface area contributed by atoms with E-state index in [0.29, 0.717) is 6.42 Å². The second-order valence-electron chi connectivity index (χ2n) is 21.1. The highest BCUT2D eigenvalue weighted by Gasteiger charge is 2.54. The number of hydrogen-bond acceptors (Lipinski definition) is 18. The maximum absolute atomic E-state index is 13.3. The van der Waals surface area contributed by atoms with Gasteiger partial charge in [0.05, 0.1) is 38.6 Å². The zero-order chi connectivity index (χ0) is 55.7. The summed E-state index contributed by atoms with van der Waals surface area (Å²) in [6, 6.07) is -2.41. The molecule has 0 aromatic carbocycles. The predicted molar refractivity (Wildman–Crippen MR) is 284 cm³/mol. The second-order valence-corrected chi connectivity index (χ2v) is 21.1. The largest absolute Gasteiger partial charge is 0.394 e. The number of allylic oxidation sites excluding steroid dienone is 3. The van der Waals surface area contributed by atoms with Gasteiger partial charge in [0.15, 0.2) is 18.9 Å². The molecule has 20 heteroatoms. The van der Waals surface area contributed by atoms with Gasteiger partial charge in [-0.15, -0.1) is 0 Å². The number of aliphatic hydroxyl groups excluding tert-OH is 10. The molecular weight excluding hydrogens is 989 g/mol. The number of ether oxygens (including phenoxy) is 6. The van der Waals surface area contributed by atoms with Gasteiger partial charge in [-0.2, -0.15) is 0 Å². The number of nitrogens with one attached hydrogen (secondary N) is 2. The molecule has 17 unspecified atom stereocenters. The normalized spacial score (nSPS) is 31.0. The molecule has 3 heterocycles. The lowest BCUT2D eigenvalue weighted by molar-refractivity contribution is -0.374. The maximum Gasteiger partial charge on any atom is 0.220 e. The van der Waals surface area contributed by atoms with Crippen molar-refractivity contribution in [3.05, 3.63) is 24.3 Å². The Balaban J connectivity index is 1.57. The zero-order valence-corrected chi connectivity index (χ0v) is 46.1. The molecule has 2 amide bonds. The molecular formula is C56H102N2O18. The molecule has 0 aromatic heterocycles. The molecule has 0 saturated carbocycles. The van der Waals surface area contributed by atoms with Gasteiger partial charge in [0, 0.05) is 13.3 Å². The smallest absolute Gasteiger partial charge is 0.220 e. The molecule has 12 N–H and O–H groups in total. The minimum atomic E-state index is -1.99. The third kappa shape index (κ3) is 24.7. The first kappa shape index (κ1) is 68.1. The summed E-state index contributed by atoms with van der Waals surface area (Å²) in [4.78, 5) is 25.2. The van der Waals surface area contributed by atoms with Crippen LogP contribution >= 0.6 is 0 Å². The summed E-state index contributed by atoms with van der Waals surface area (Å²) in [5.41, 5.74) is 0. The van der Waals surface area contributed by atoms with Gasteiger partial charge < -0.3 is 90.1 Å². The Morgan fingerprint density at radius 2 is 0.934 bits per heavy atom. The number of aliphatic hydroxyl groups is 10. The Labute approximate surface area is 452 Å². The average molecular weight is 1090 g/mol. The predicted octanol–water partition coefficient (Wildman–Crippen LogP) is 3.74. The highest BCUT2D eigenvalue weighted by atomic mass is 16.8. The van der Waals surface area contributed by atoms with E-state index in [4.69, 9.17) is 28.4 Å². The molecule has 0 bridgehead atoms. The van der Waals surface area contributed by atoms with Gasteiger partial charge in [-0.3, -0.25) is 9.59 Å². The molecule has 20 nitrogen and oxygen atoms in total. The van der Waals surface area contributed by atoms with Crippen LogP contribution in [0.4, 0.5) is 0 Å². The highest BCUT2D eigenvalue weighted by Crippen LogP contribution is 2.33. The lowest BCUT2D eigenvalue weighted by Crippen LogP contribution is -2.68. The number of unbranched alkanes of at least 4 members (excludes halogenated alkanes) is 22. The molecule has 3 saturated heterocycles. The van der Waals surface area contributed by atoms with Gasteiger partial charge in [-0.25, -0.2) is 0 Å². The van der Waals surface area contributed by atoms with Crippen LogP contribution in [0.1, 0.15) is 188 Å². The van der Waals surface area contributed by atoms with Crippen molar-refractivity contribution < 1.29 is 89.1 Å². The summed E-state index contributed by atoms with van der Waals surface area (Å²) in [5.74, 6) is -0.937. The summed E-state index contributed by atoms with van der Waals surface area (Å²) in [5, 5.41) is 113. The van der Waals surface area contributed by atoms with Crippen molar-refractivity contribution >= 4 is 11.8 Å². The quantitative estimate of drug-likeness (QED) is 0.0307. The number of hydrogen-bond donors (Lipinski definition) is 12. The van der Waals surface area contributed by atoms with Crippen molar-refractivity contribution in [1.29, 1.82) is 0 Å². The fourth-order valence-electron chi connectivity index (χ4n) is 9.94. The van der Waals surface area contributed by atoms with Crippen LogP contribution in [0.3, 0.4) is 0 Å². The summed E-state index contributed by atoms with van der Waals surface area (Å²) >= 11 is 0. The molecule has 17 atom stereocenters. The molecule has 76 heavy (non-hydrogen) atoms. The van der Waals surface area contributed by atoms with E-state index < -0.39 is 130 Å². The standard InChI is InChI=1S/C56H102N2O18/c1-4-6-8-10-12-14-16-18-19-21-23-25-27-29-31-33-44(64)58-39(40(63)32-30-28-26-24-22-20-17-15-13-11-9-7-5-2)37-71-55-50(69)48(67)53(42(35-60)73-55)76-56-51(70)49(68)52(43(36-61)74-56)75-54-45(57-38(3)62)47(66)46(65)41(34-59)72-54/h18-19,30,32,39-43,45-56,59-61,63,65-70H,4-17,20-29,31,33-37H2,1-3H3,(H,57,62)(H,58,64). The van der Waals surface area contributed by atoms with Crippen LogP contribution in [0.2, 0.25) is 0 Å². The lowest BCUT2D eigenvalue weighted by atomic mass is 9.95. The van der Waals surface area contributed by atoms with E-state index in [1.807, 2.05) is 6.08 Å². The molecule has 0 radical (unpaired) electrons. The minimum absolute atomic E-state index is 0.230. The van der Waals surface area contributed by atoms with Crippen molar-refractivity contribution in [3.8, 4) is 0 Å². The molecule has 3 fully saturated rings. The van der Waals surface area contributed by atoms with Gasteiger partial charge in [0.25, 0.3) is 0 Å². The molecule has 3 aliphatic rings. The van der Waals surface area contributed by atoms with Crippen molar-refractivity contribution in [2.45, 2.75) is 292 Å². The van der Waals surface area contributed by atoms with Gasteiger partial charge in [-0.05, 0) is 44.9 Å². The van der Waals surface area contributed by atoms with E-state index in [1.165, 1.54) is 89.9 Å². The summed E-state index contributed by atoms with van der Waals surface area (Å²) in [6.07, 6.45) is 12.2. The minimum Gasteiger partial charge on any atom is -0.394 e. The SMILES string of the molecule is CCCCCCCCC=CCCCCCCCC(=O)NC(COC1OC(CO)C(OC2OC(CO)C(OC3OC(CO)C(O)C(O)C3NC(C)=O)C(O)C2O)C(O)C1O)C(O)C=CCCCCCCCCCCCCC. The van der Waals surface area contributed by atoms with Crippen LogP contribution in [0.5, 0.6) is 0 Å². The van der Waals surface area contributed by atoms with Crippen LogP contribution in [0, 0.1) is 0 Å². The lowest BCUT2D eigenvalue weighted by Gasteiger charge is -2.48. The van der Waals surface area contributed by atoms with Gasteiger partial charge >= 0.3 is 0 Å². The molecule has 3 rings (SSSR count). The number of amides is 2. The van der Waals surface area contributed by atoms with Crippen molar-refractivity contribution in [3.63, 3.8) is 0 Å². The van der Waals surface area contributed by atoms with Crippen molar-refractivity contribution in [1.82, 2.24) is 10.6 Å². The molecule has 0 spiro atoms. The monoisotopic (exact) mass is 1090 g/mol. The Kier molecular flexibility index (Phi) is 35.8. The van der Waals surface area contributed by atoms with E-state index in [2.05, 4.69) is 36.6 Å². The summed E-state index contributed by atoms with van der Waals surface area (Å²) < 4.78 is 34.8. The fourth-order valence-corrected chi connectivity index (χ4v) is 9.94. The Morgan fingerprint density at radius 1 is 0.513 bits per heavy atom. The molecule has 444 valence electrons. The van der Waals surface area contributed by atoms with E-state index in [0.717, 1.165) is 71.1 Å². The van der Waals surface area contributed by atoms with Crippen LogP contribution in [0.25, 0.3) is 0 Å². The Bertz CT molecular complexity index is 1560. The first-order valence-corrected chi connectivity index (χ1v) is 29.1. The average Bonchev–Trinajstić information content (AvgIpc) is 3.40. The van der Waals surface area contributed by atoms with Crippen molar-refractivity contribution in [2.24, 2.45) is 0 Å². The van der Waals surface area contributed by atoms with E-state index in [9.17, 15) is 60.7 Å². The molecule has 0 aliphatic carbocycles. The van der Waals surface area contributed by atoms with Crippen LogP contribution < -0.4 is 10.6 Å². The van der Waals surface area contributed by atoms with E-state index in [1.54, 1.807) is 6.08 Å². The summed E-state index contributed by atoms with van der Waals surface area (Å²) in [6.45, 7) is 2.79. The fraction of sp³-hybridized carbons (Fsp3) is 0.893. The first-order valence-electron chi connectivity index (χ1n) is 29.1. The Morgan fingerprint density at radius 3 is 1.42 bits per heavy atom. The second kappa shape index (κ2) is 40.0. The zero-order valence-electron chi connectivity index (χ0n) is 46.1. The highest BCUT2D eigenvalue weighted by molar-refractivity contribution is 5.76. The van der Waals surface area contributed by atoms with Gasteiger partial charge in [0.1, 0.15) is 73.2 Å². The first-order chi connectivity index (χ1) is 36.7.